The van der Waals surface area contributed by atoms with E-state index in [2.05, 4.69) is 16.7 Å². The third-order valence-electron chi connectivity index (χ3n) is 4.30. The summed E-state index contributed by atoms with van der Waals surface area (Å²) in [7, 11) is 4.78. The lowest BCUT2D eigenvalue weighted by molar-refractivity contribution is 0.347. The Morgan fingerprint density at radius 2 is 1.80 bits per heavy atom. The van der Waals surface area contributed by atoms with Gasteiger partial charge in [-0.05, 0) is 11.6 Å². The molecule has 0 bridgehead atoms. The quantitative estimate of drug-likeness (QED) is 0.742. The van der Waals surface area contributed by atoms with Gasteiger partial charge in [0.05, 0.1) is 21.3 Å². The molecule has 0 unspecified atom stereocenters. The first-order valence-electron chi connectivity index (χ1n) is 7.75. The first-order chi connectivity index (χ1) is 12.1. The van der Waals surface area contributed by atoms with Crippen LogP contribution < -0.4 is 30.6 Å². The van der Waals surface area contributed by atoms with Crippen molar-refractivity contribution in [3.63, 3.8) is 0 Å². The Kier molecular flexibility index (Phi) is 4.44. The molecular weight excluding hydrogens is 320 g/mol. The molecule has 1 aromatic rings. The molecule has 0 saturated carbocycles. The number of nitrogens with one attached hydrogen (secondary N) is 2. The van der Waals surface area contributed by atoms with E-state index in [-0.39, 0.29) is 0 Å². The van der Waals surface area contributed by atoms with E-state index in [1.54, 1.807) is 27.4 Å². The summed E-state index contributed by atoms with van der Waals surface area (Å²) in [6.07, 6.45) is 2.38. The monoisotopic (exact) mass is 340 g/mol. The van der Waals surface area contributed by atoms with Gasteiger partial charge in [-0.3, -0.25) is 0 Å². The molecule has 0 aliphatic carbocycles. The maximum atomic E-state index is 9.47. The van der Waals surface area contributed by atoms with Crippen molar-refractivity contribution in [3.8, 4) is 23.3 Å². The SMILES string of the molecule is COc1cc(OC)c(OC)cc1CC1=C2C(=CNC(N)=C2C#N)CN1. The van der Waals surface area contributed by atoms with Crippen molar-refractivity contribution in [3.05, 3.63) is 52.1 Å². The van der Waals surface area contributed by atoms with Gasteiger partial charge in [-0.15, -0.1) is 0 Å². The lowest BCUT2D eigenvalue weighted by Gasteiger charge is -2.17. The topological polar surface area (TPSA) is 102 Å². The van der Waals surface area contributed by atoms with E-state index >= 15 is 0 Å². The molecule has 2 aliphatic heterocycles. The highest BCUT2D eigenvalue weighted by Gasteiger charge is 2.28. The Labute approximate surface area is 146 Å². The molecule has 0 aromatic heterocycles. The van der Waals surface area contributed by atoms with Crippen LogP contribution in [0.2, 0.25) is 0 Å². The van der Waals surface area contributed by atoms with E-state index in [0.717, 1.165) is 22.4 Å². The van der Waals surface area contributed by atoms with Crippen molar-refractivity contribution in [1.29, 1.82) is 5.26 Å². The average Bonchev–Trinajstić information content (AvgIpc) is 3.04. The number of dihydropyridines is 1. The second-order valence-electron chi connectivity index (χ2n) is 5.62. The molecule has 0 fully saturated rings. The number of nitrogens with two attached hydrogens (primary N) is 1. The standard InChI is InChI=1S/C18H20N4O3/c1-23-14-6-16(25-3)15(24-2)5-10(14)4-13-17-11(8-21-13)9-22-18(20)12(17)7-19/h5-6,9,21-22H,4,8,20H2,1-3H3. The normalized spacial score (nSPS) is 15.7. The molecule has 0 saturated heterocycles. The number of rotatable bonds is 5. The first-order valence-corrected chi connectivity index (χ1v) is 7.75. The average molecular weight is 340 g/mol. The number of fused-ring (bicyclic) bond motifs is 1. The van der Waals surface area contributed by atoms with Gasteiger partial charge in [0.15, 0.2) is 11.5 Å². The van der Waals surface area contributed by atoms with Crippen LogP contribution in [0.4, 0.5) is 0 Å². The van der Waals surface area contributed by atoms with Crippen molar-refractivity contribution >= 4 is 0 Å². The fourth-order valence-corrected chi connectivity index (χ4v) is 3.07. The number of hydrogen-bond donors (Lipinski definition) is 3. The van der Waals surface area contributed by atoms with Gasteiger partial charge in [-0.1, -0.05) is 0 Å². The van der Waals surface area contributed by atoms with Crippen molar-refractivity contribution in [1.82, 2.24) is 10.6 Å². The Bertz CT molecular complexity index is 847. The van der Waals surface area contributed by atoms with Crippen molar-refractivity contribution < 1.29 is 14.2 Å². The predicted molar refractivity (Wildman–Crippen MR) is 92.9 cm³/mol. The maximum Gasteiger partial charge on any atom is 0.164 e. The van der Waals surface area contributed by atoms with Crippen LogP contribution in [0.25, 0.3) is 0 Å². The summed E-state index contributed by atoms with van der Waals surface area (Å²) in [5.74, 6) is 2.28. The lowest BCUT2D eigenvalue weighted by atomic mass is 9.95. The van der Waals surface area contributed by atoms with Crippen LogP contribution in [0.5, 0.6) is 17.2 Å². The van der Waals surface area contributed by atoms with E-state index in [0.29, 0.717) is 41.6 Å². The van der Waals surface area contributed by atoms with E-state index in [1.807, 2.05) is 12.3 Å². The molecule has 1 aromatic carbocycles. The van der Waals surface area contributed by atoms with Crippen molar-refractivity contribution in [2.24, 2.45) is 5.73 Å². The predicted octanol–water partition coefficient (Wildman–Crippen LogP) is 1.29. The molecule has 130 valence electrons. The van der Waals surface area contributed by atoms with Crippen LogP contribution in [-0.4, -0.2) is 27.9 Å². The van der Waals surface area contributed by atoms with Crippen molar-refractivity contribution in [2.75, 3.05) is 27.9 Å². The second kappa shape index (κ2) is 6.69. The number of hydrogen-bond acceptors (Lipinski definition) is 7. The summed E-state index contributed by atoms with van der Waals surface area (Å²) in [6, 6.07) is 5.87. The molecule has 7 heteroatoms. The molecule has 0 spiro atoms. The summed E-state index contributed by atoms with van der Waals surface area (Å²) < 4.78 is 16.2. The number of nitrogens with zero attached hydrogens (tertiary/aromatic N) is 1. The van der Waals surface area contributed by atoms with Gasteiger partial charge in [0.1, 0.15) is 23.2 Å². The molecule has 0 amide bonds. The Morgan fingerprint density at radius 3 is 2.44 bits per heavy atom. The Balaban J connectivity index is 2.05. The smallest absolute Gasteiger partial charge is 0.164 e. The molecule has 2 heterocycles. The summed E-state index contributed by atoms with van der Waals surface area (Å²) in [5, 5.41) is 15.7. The van der Waals surface area contributed by atoms with Gasteiger partial charge in [-0.2, -0.15) is 5.26 Å². The minimum atomic E-state index is 0.363. The van der Waals surface area contributed by atoms with Crippen molar-refractivity contribution in [2.45, 2.75) is 6.42 Å². The fraction of sp³-hybridized carbons (Fsp3) is 0.278. The van der Waals surface area contributed by atoms with E-state index in [1.165, 1.54) is 0 Å². The third kappa shape index (κ3) is 2.83. The second-order valence-corrected chi connectivity index (χ2v) is 5.62. The van der Waals surface area contributed by atoms with E-state index < -0.39 is 0 Å². The molecule has 0 atom stereocenters. The van der Waals surface area contributed by atoms with Crippen LogP contribution in [0, 0.1) is 11.3 Å². The van der Waals surface area contributed by atoms with Gasteiger partial charge < -0.3 is 30.6 Å². The minimum Gasteiger partial charge on any atom is -0.496 e. The number of methoxy groups -OCH3 is 3. The van der Waals surface area contributed by atoms with Crippen LogP contribution >= 0.6 is 0 Å². The summed E-state index contributed by atoms with van der Waals surface area (Å²) in [4.78, 5) is 0. The maximum absolute atomic E-state index is 9.47. The van der Waals surface area contributed by atoms with Gasteiger partial charge >= 0.3 is 0 Å². The summed E-state index contributed by atoms with van der Waals surface area (Å²) in [6.45, 7) is 0.645. The van der Waals surface area contributed by atoms with E-state index in [9.17, 15) is 5.26 Å². The highest BCUT2D eigenvalue weighted by Crippen LogP contribution is 2.38. The summed E-state index contributed by atoms with van der Waals surface area (Å²) in [5.41, 5.74) is 10.1. The van der Waals surface area contributed by atoms with Gasteiger partial charge in [0, 0.05) is 42.1 Å². The number of benzene rings is 1. The Morgan fingerprint density at radius 1 is 1.12 bits per heavy atom. The molecule has 0 radical (unpaired) electrons. The largest absolute Gasteiger partial charge is 0.496 e. The molecular formula is C18H20N4O3. The number of allylic oxidation sites excluding steroid dienone is 2. The zero-order valence-corrected chi connectivity index (χ0v) is 14.4. The van der Waals surface area contributed by atoms with Gasteiger partial charge in [-0.25, -0.2) is 0 Å². The third-order valence-corrected chi connectivity index (χ3v) is 4.30. The molecule has 3 rings (SSSR count). The van der Waals surface area contributed by atoms with Crippen LogP contribution in [0.3, 0.4) is 0 Å². The lowest BCUT2D eigenvalue weighted by Crippen LogP contribution is -2.22. The minimum absolute atomic E-state index is 0.363. The van der Waals surface area contributed by atoms with Crippen LogP contribution in [0.15, 0.2) is 46.6 Å². The Hall–Kier alpha value is -3.27. The van der Waals surface area contributed by atoms with Crippen LogP contribution in [0.1, 0.15) is 5.56 Å². The zero-order chi connectivity index (χ0) is 18.0. The molecule has 2 aliphatic rings. The number of nitriles is 1. The highest BCUT2D eigenvalue weighted by atomic mass is 16.5. The number of ether oxygens (including phenoxy) is 3. The molecule has 4 N–H and O–H groups in total. The van der Waals surface area contributed by atoms with E-state index in [4.69, 9.17) is 19.9 Å². The zero-order valence-electron chi connectivity index (χ0n) is 14.4. The first kappa shape index (κ1) is 16.6. The molecule has 7 nitrogen and oxygen atoms in total. The fourth-order valence-electron chi connectivity index (χ4n) is 3.07. The van der Waals surface area contributed by atoms with Gasteiger partial charge in [0.25, 0.3) is 0 Å². The highest BCUT2D eigenvalue weighted by molar-refractivity contribution is 5.63. The van der Waals surface area contributed by atoms with Gasteiger partial charge in [0.2, 0.25) is 0 Å². The molecule has 25 heavy (non-hydrogen) atoms. The van der Waals surface area contributed by atoms with Crippen LogP contribution in [-0.2, 0) is 6.42 Å². The summed E-state index contributed by atoms with van der Waals surface area (Å²) >= 11 is 0.